The topological polar surface area (TPSA) is 15.3 Å². The predicted octanol–water partition coefficient (Wildman–Crippen LogP) is 1.82. The fraction of sp³-hybridized carbons (Fsp3) is 1.00. The molecule has 13 heavy (non-hydrogen) atoms. The monoisotopic (exact) mass is 182 g/mol. The average molecular weight is 182 g/mol. The molecule has 0 aromatic heterocycles. The van der Waals surface area contributed by atoms with Crippen LogP contribution >= 0.6 is 0 Å². The zero-order valence-electron chi connectivity index (χ0n) is 8.97. The maximum Gasteiger partial charge on any atom is 0.0683 e. The first-order chi connectivity index (χ1) is 6.21. The van der Waals surface area contributed by atoms with E-state index in [4.69, 9.17) is 0 Å². The zero-order valence-corrected chi connectivity index (χ0v) is 8.97. The van der Waals surface area contributed by atoms with Crippen molar-refractivity contribution in [2.45, 2.75) is 45.2 Å². The van der Waals surface area contributed by atoms with E-state index in [0.29, 0.717) is 5.66 Å². The van der Waals surface area contributed by atoms with E-state index in [2.05, 4.69) is 24.1 Å². The van der Waals surface area contributed by atoms with E-state index in [-0.39, 0.29) is 0 Å². The molecule has 0 amide bonds. The Balaban J connectivity index is 1.95. The molecule has 1 N–H and O–H groups in total. The molecule has 2 unspecified atom stereocenters. The van der Waals surface area contributed by atoms with Crippen LogP contribution in [-0.2, 0) is 0 Å². The van der Waals surface area contributed by atoms with Crippen molar-refractivity contribution in [2.24, 2.45) is 5.92 Å². The molecule has 2 aliphatic heterocycles. The summed E-state index contributed by atoms with van der Waals surface area (Å²) in [5, 5.41) is 3.71. The number of nitrogens with zero attached hydrogens (tertiary/aromatic N) is 1. The van der Waals surface area contributed by atoms with E-state index in [9.17, 15) is 0 Å². The van der Waals surface area contributed by atoms with Crippen molar-refractivity contribution in [1.82, 2.24) is 10.2 Å². The second-order valence-electron chi connectivity index (χ2n) is 4.99. The lowest BCUT2D eigenvalue weighted by molar-refractivity contribution is 0.0541. The number of likely N-dealkylation sites (tertiary alicyclic amines) is 1. The molecule has 2 saturated heterocycles. The molecule has 2 fully saturated rings. The zero-order chi connectivity index (χ0) is 9.31. The van der Waals surface area contributed by atoms with Crippen LogP contribution in [0.25, 0.3) is 0 Å². The summed E-state index contributed by atoms with van der Waals surface area (Å²) in [5.41, 5.74) is 0.322. The van der Waals surface area contributed by atoms with Crippen molar-refractivity contribution in [1.29, 1.82) is 0 Å². The first-order valence-corrected chi connectivity index (χ1v) is 5.71. The van der Waals surface area contributed by atoms with Crippen molar-refractivity contribution in [2.75, 3.05) is 19.6 Å². The van der Waals surface area contributed by atoms with E-state index < -0.39 is 0 Å². The van der Waals surface area contributed by atoms with Crippen LogP contribution in [0.3, 0.4) is 0 Å². The highest BCUT2D eigenvalue weighted by molar-refractivity contribution is 4.90. The lowest BCUT2D eigenvalue weighted by atomic mass is 9.91. The van der Waals surface area contributed by atoms with Gasteiger partial charge in [0.25, 0.3) is 0 Å². The number of piperidine rings is 1. The molecule has 0 aromatic rings. The van der Waals surface area contributed by atoms with Crippen LogP contribution in [0, 0.1) is 5.92 Å². The summed E-state index contributed by atoms with van der Waals surface area (Å²) >= 11 is 0. The van der Waals surface area contributed by atoms with Gasteiger partial charge in [-0.05, 0) is 58.2 Å². The molecular formula is C11H22N2. The van der Waals surface area contributed by atoms with Crippen molar-refractivity contribution in [3.63, 3.8) is 0 Å². The molecule has 0 aliphatic carbocycles. The third-order valence-electron chi connectivity index (χ3n) is 3.76. The van der Waals surface area contributed by atoms with Crippen LogP contribution in [0.15, 0.2) is 0 Å². The van der Waals surface area contributed by atoms with Crippen molar-refractivity contribution < 1.29 is 0 Å². The Hall–Kier alpha value is -0.0800. The van der Waals surface area contributed by atoms with Crippen LogP contribution in [0.2, 0.25) is 0 Å². The molecule has 0 spiro atoms. The Morgan fingerprint density at radius 1 is 1.31 bits per heavy atom. The van der Waals surface area contributed by atoms with Crippen LogP contribution in [0.1, 0.15) is 39.5 Å². The minimum absolute atomic E-state index is 0.322. The number of rotatable bonds is 1. The molecule has 2 aliphatic rings. The summed E-state index contributed by atoms with van der Waals surface area (Å²) < 4.78 is 0. The summed E-state index contributed by atoms with van der Waals surface area (Å²) in [6, 6.07) is 0. The van der Waals surface area contributed by atoms with Gasteiger partial charge in [0.05, 0.1) is 5.66 Å². The molecule has 76 valence electrons. The SMILES string of the molecule is CC1CCC(C)(N2CCCC2)NC1. The van der Waals surface area contributed by atoms with Crippen LogP contribution in [-0.4, -0.2) is 30.2 Å². The summed E-state index contributed by atoms with van der Waals surface area (Å²) in [7, 11) is 0. The van der Waals surface area contributed by atoms with Crippen molar-refractivity contribution in [3.8, 4) is 0 Å². The number of hydrogen-bond donors (Lipinski definition) is 1. The Morgan fingerprint density at radius 2 is 2.00 bits per heavy atom. The van der Waals surface area contributed by atoms with Gasteiger partial charge in [0.1, 0.15) is 0 Å². The summed E-state index contributed by atoms with van der Waals surface area (Å²) in [5.74, 6) is 0.871. The summed E-state index contributed by atoms with van der Waals surface area (Å²) in [6.45, 7) is 8.53. The first-order valence-electron chi connectivity index (χ1n) is 5.71. The lowest BCUT2D eigenvalue weighted by Gasteiger charge is -2.44. The van der Waals surface area contributed by atoms with Gasteiger partial charge in [0.15, 0.2) is 0 Å². The van der Waals surface area contributed by atoms with E-state index in [1.807, 2.05) is 0 Å². The lowest BCUT2D eigenvalue weighted by Crippen LogP contribution is -2.59. The predicted molar refractivity (Wildman–Crippen MR) is 55.6 cm³/mol. The van der Waals surface area contributed by atoms with E-state index in [0.717, 1.165) is 5.92 Å². The van der Waals surface area contributed by atoms with Gasteiger partial charge in [-0.1, -0.05) is 6.92 Å². The van der Waals surface area contributed by atoms with Gasteiger partial charge in [-0.3, -0.25) is 10.2 Å². The third-order valence-corrected chi connectivity index (χ3v) is 3.76. The van der Waals surface area contributed by atoms with Gasteiger partial charge in [0.2, 0.25) is 0 Å². The van der Waals surface area contributed by atoms with E-state index >= 15 is 0 Å². The van der Waals surface area contributed by atoms with Gasteiger partial charge in [-0.2, -0.15) is 0 Å². The van der Waals surface area contributed by atoms with Gasteiger partial charge in [-0.25, -0.2) is 0 Å². The quantitative estimate of drug-likeness (QED) is 0.665. The fourth-order valence-electron chi connectivity index (χ4n) is 2.59. The standard InChI is InChI=1S/C11H22N2/c1-10-5-6-11(2,12-9-10)13-7-3-4-8-13/h10,12H,3-9H2,1-2H3. The Bertz CT molecular complexity index is 165. The summed E-state index contributed by atoms with van der Waals surface area (Å²) in [6.07, 6.45) is 5.51. The highest BCUT2D eigenvalue weighted by Crippen LogP contribution is 2.28. The Morgan fingerprint density at radius 3 is 2.54 bits per heavy atom. The molecule has 2 heterocycles. The fourth-order valence-corrected chi connectivity index (χ4v) is 2.59. The van der Waals surface area contributed by atoms with E-state index in [1.165, 1.54) is 45.3 Å². The number of hydrogen-bond acceptors (Lipinski definition) is 2. The van der Waals surface area contributed by atoms with Crippen LogP contribution < -0.4 is 5.32 Å². The second-order valence-corrected chi connectivity index (χ2v) is 4.99. The van der Waals surface area contributed by atoms with Crippen LogP contribution in [0.4, 0.5) is 0 Å². The molecule has 0 radical (unpaired) electrons. The minimum atomic E-state index is 0.322. The maximum absolute atomic E-state index is 3.71. The largest absolute Gasteiger partial charge is 0.299 e. The normalized spacial score (nSPS) is 42.5. The molecule has 0 bridgehead atoms. The van der Waals surface area contributed by atoms with Crippen molar-refractivity contribution >= 4 is 0 Å². The Kier molecular flexibility index (Phi) is 2.61. The van der Waals surface area contributed by atoms with Gasteiger partial charge >= 0.3 is 0 Å². The van der Waals surface area contributed by atoms with Gasteiger partial charge < -0.3 is 0 Å². The van der Waals surface area contributed by atoms with Gasteiger partial charge in [-0.15, -0.1) is 0 Å². The molecule has 0 saturated carbocycles. The molecule has 2 nitrogen and oxygen atoms in total. The third kappa shape index (κ3) is 1.89. The molecule has 2 rings (SSSR count). The smallest absolute Gasteiger partial charge is 0.0683 e. The number of nitrogens with one attached hydrogen (secondary N) is 1. The summed E-state index contributed by atoms with van der Waals surface area (Å²) in [4.78, 5) is 2.64. The highest BCUT2D eigenvalue weighted by Gasteiger charge is 2.35. The first kappa shape index (κ1) is 9.47. The average Bonchev–Trinajstić information content (AvgIpc) is 2.63. The Labute approximate surface area is 81.7 Å². The minimum Gasteiger partial charge on any atom is -0.299 e. The molecule has 0 aromatic carbocycles. The second kappa shape index (κ2) is 3.58. The van der Waals surface area contributed by atoms with Crippen LogP contribution in [0.5, 0.6) is 0 Å². The van der Waals surface area contributed by atoms with E-state index in [1.54, 1.807) is 0 Å². The molecule has 2 heteroatoms. The molecular weight excluding hydrogens is 160 g/mol. The molecule has 2 atom stereocenters. The maximum atomic E-state index is 3.71. The van der Waals surface area contributed by atoms with Crippen molar-refractivity contribution in [3.05, 3.63) is 0 Å². The highest BCUT2D eigenvalue weighted by atomic mass is 15.3. The van der Waals surface area contributed by atoms with Gasteiger partial charge in [0, 0.05) is 0 Å².